The van der Waals surface area contributed by atoms with Crippen LogP contribution in [-0.2, 0) is 19.2 Å². The number of piperidine rings is 2. The minimum Gasteiger partial charge on any atom is -0.495 e. The van der Waals surface area contributed by atoms with Gasteiger partial charge in [0.05, 0.1) is 24.2 Å². The molecule has 0 spiro atoms. The third kappa shape index (κ3) is 10.1. The fourth-order valence-corrected chi connectivity index (χ4v) is 9.15. The van der Waals surface area contributed by atoms with Crippen LogP contribution in [0, 0.1) is 23.0 Å². The molecule has 5 aromatic rings. The first-order valence-corrected chi connectivity index (χ1v) is 22.6. The summed E-state index contributed by atoms with van der Waals surface area (Å²) >= 11 is 0. The number of amides is 4. The van der Waals surface area contributed by atoms with Gasteiger partial charge in [0.25, 0.3) is 0 Å². The fraction of sp³-hybridized carbons (Fsp3) is 0.380. The lowest BCUT2D eigenvalue weighted by atomic mass is 9.90. The Morgan fingerprint density at radius 3 is 2.12 bits per heavy atom. The maximum Gasteiger partial charge on any atom is 0.240 e. The first-order chi connectivity index (χ1) is 32.0. The summed E-state index contributed by atoms with van der Waals surface area (Å²) in [7, 11) is 1.67. The van der Waals surface area contributed by atoms with Gasteiger partial charge in [-0.15, -0.1) is 0 Å². The zero-order chi connectivity index (χ0) is 45.8. The molecule has 4 aromatic carbocycles. The lowest BCUT2D eigenvalue weighted by Crippen LogP contribution is -2.49. The molecule has 1 saturated carbocycles. The van der Waals surface area contributed by atoms with Gasteiger partial charge in [-0.1, -0.05) is 6.07 Å². The van der Waals surface area contributed by atoms with E-state index in [1.54, 1.807) is 49.7 Å². The number of pyridine rings is 1. The minimum atomic E-state index is -1.17. The Kier molecular flexibility index (Phi) is 13.1. The average Bonchev–Trinajstić information content (AvgIpc) is 4.14. The summed E-state index contributed by atoms with van der Waals surface area (Å²) in [6.45, 7) is 7.65. The van der Waals surface area contributed by atoms with E-state index >= 15 is 0 Å². The van der Waals surface area contributed by atoms with Gasteiger partial charge >= 0.3 is 0 Å². The van der Waals surface area contributed by atoms with Crippen molar-refractivity contribution in [1.29, 1.82) is 0 Å². The van der Waals surface area contributed by atoms with Crippen LogP contribution in [0.1, 0.15) is 50.0 Å². The van der Waals surface area contributed by atoms with E-state index in [0.29, 0.717) is 66.8 Å². The number of benzene rings is 4. The lowest BCUT2D eigenvalue weighted by molar-refractivity contribution is -0.134. The van der Waals surface area contributed by atoms with Crippen LogP contribution in [0.5, 0.6) is 23.0 Å². The number of halogens is 2. The van der Waals surface area contributed by atoms with Gasteiger partial charge in [0, 0.05) is 81.7 Å². The maximum atomic E-state index is 14.9. The number of piperazine rings is 1. The van der Waals surface area contributed by atoms with E-state index in [-0.39, 0.29) is 24.0 Å². The van der Waals surface area contributed by atoms with Crippen LogP contribution in [-0.4, -0.2) is 104 Å². The number of fused-ring (bicyclic) bond motifs is 1. The van der Waals surface area contributed by atoms with Gasteiger partial charge < -0.3 is 34.6 Å². The normalized spacial score (nSPS) is 19.0. The zero-order valence-electron chi connectivity index (χ0n) is 36.8. The molecule has 3 saturated heterocycles. The lowest BCUT2D eigenvalue weighted by Gasteiger charge is -2.39. The maximum absolute atomic E-state index is 14.9. The highest BCUT2D eigenvalue weighted by atomic mass is 19.1. The Morgan fingerprint density at radius 1 is 0.788 bits per heavy atom. The van der Waals surface area contributed by atoms with Crippen molar-refractivity contribution in [3.63, 3.8) is 0 Å². The second kappa shape index (κ2) is 19.4. The van der Waals surface area contributed by atoms with Crippen molar-refractivity contribution in [2.24, 2.45) is 11.3 Å². The first kappa shape index (κ1) is 44.5. The van der Waals surface area contributed by atoms with Crippen molar-refractivity contribution in [1.82, 2.24) is 20.1 Å². The number of hydrogen-bond donors (Lipinski definition) is 3. The monoisotopic (exact) mass is 901 g/mol. The first-order valence-electron chi connectivity index (χ1n) is 22.6. The van der Waals surface area contributed by atoms with Crippen LogP contribution in [0.2, 0.25) is 0 Å². The molecular weight excluding hydrogens is 849 g/mol. The Morgan fingerprint density at radius 2 is 1.47 bits per heavy atom. The van der Waals surface area contributed by atoms with Gasteiger partial charge in [-0.2, -0.15) is 0 Å². The number of hydrogen-bond acceptors (Lipinski definition) is 11. The van der Waals surface area contributed by atoms with Gasteiger partial charge in [0.2, 0.25) is 23.6 Å². The van der Waals surface area contributed by atoms with E-state index in [2.05, 4.69) is 41.7 Å². The largest absolute Gasteiger partial charge is 0.495 e. The highest BCUT2D eigenvalue weighted by Gasteiger charge is 2.56. The van der Waals surface area contributed by atoms with E-state index in [9.17, 15) is 28.0 Å². The van der Waals surface area contributed by atoms with Crippen LogP contribution < -0.4 is 35.1 Å². The SMILES string of the molecule is COc1cc2c(Oc3ccc(NC(=O)C4(C(=O)Nc5ccc(F)cc5)CC4)cc3)ccnc2cc1N1CCC(CN2CCN(CCOc3ccc(C4CCC(=O)NC4=O)cc3F)CC2)CC1. The predicted molar refractivity (Wildman–Crippen MR) is 245 cm³/mol. The molecule has 0 radical (unpaired) electrons. The number of nitrogens with zero attached hydrogens (tertiary/aromatic N) is 4. The van der Waals surface area contributed by atoms with Crippen molar-refractivity contribution in [2.45, 2.75) is 44.4 Å². The fourth-order valence-electron chi connectivity index (χ4n) is 9.15. The van der Waals surface area contributed by atoms with Crippen molar-refractivity contribution in [3.05, 3.63) is 108 Å². The van der Waals surface area contributed by atoms with E-state index in [1.807, 2.05) is 12.1 Å². The molecule has 16 heteroatoms. The summed E-state index contributed by atoms with van der Waals surface area (Å²) in [4.78, 5) is 61.8. The minimum absolute atomic E-state index is 0.163. The number of aromatic nitrogens is 1. The molecule has 0 bridgehead atoms. The van der Waals surface area contributed by atoms with Gasteiger partial charge in [0.1, 0.15) is 35.1 Å². The molecule has 4 amide bonds. The topological polar surface area (TPSA) is 155 Å². The molecule has 9 rings (SSSR count). The Hall–Kier alpha value is -6.65. The second-order valence-corrected chi connectivity index (χ2v) is 17.6. The number of carbonyl (C=O) groups excluding carboxylic acids is 4. The number of carbonyl (C=O) groups is 4. The van der Waals surface area contributed by atoms with Crippen molar-refractivity contribution in [3.8, 4) is 23.0 Å². The van der Waals surface area contributed by atoms with Crippen molar-refractivity contribution in [2.75, 3.05) is 81.6 Å². The standard InChI is InChI=1S/C50H53F2N7O7/c1-64-45-29-39-41(53-19-14-43(39)66-37-9-7-36(8-10-37)55-49(63)50(17-18-50)48(62)54-35-5-3-34(51)4-6-35)30-42(45)59-20-15-32(16-21-59)31-58-24-22-57(23-25-58)26-27-65-44-12-2-33(28-40(44)52)38-11-13-46(60)56-47(38)61/h2-10,12,14,19,28-30,32,38H,11,13,15-18,20-27,31H2,1H3,(H,54,62)(H,55,63)(H,56,60,61). The molecular formula is C50H53F2N7O7. The van der Waals surface area contributed by atoms with Crippen LogP contribution in [0.4, 0.5) is 25.8 Å². The molecule has 1 aromatic heterocycles. The molecule has 1 aliphatic carbocycles. The van der Waals surface area contributed by atoms with Crippen molar-refractivity contribution < 1.29 is 42.2 Å². The number of rotatable bonds is 15. The highest BCUT2D eigenvalue weighted by Crippen LogP contribution is 2.48. The van der Waals surface area contributed by atoms with Crippen LogP contribution in [0.15, 0.2) is 91.1 Å². The van der Waals surface area contributed by atoms with Gasteiger partial charge in [-0.25, -0.2) is 8.78 Å². The second-order valence-electron chi connectivity index (χ2n) is 17.6. The van der Waals surface area contributed by atoms with Gasteiger partial charge in [0.15, 0.2) is 11.6 Å². The Bertz CT molecular complexity index is 2590. The molecule has 4 aliphatic rings. The van der Waals surface area contributed by atoms with E-state index in [4.69, 9.17) is 14.2 Å². The van der Waals surface area contributed by atoms with E-state index in [1.165, 1.54) is 30.3 Å². The third-order valence-corrected chi connectivity index (χ3v) is 13.3. The predicted octanol–water partition coefficient (Wildman–Crippen LogP) is 7.10. The molecule has 3 aliphatic heterocycles. The summed E-state index contributed by atoms with van der Waals surface area (Å²) in [5.74, 6) is -0.309. The number of ether oxygens (including phenoxy) is 3. The average molecular weight is 902 g/mol. The zero-order valence-corrected chi connectivity index (χ0v) is 36.8. The molecule has 4 fully saturated rings. The summed E-state index contributed by atoms with van der Waals surface area (Å²) in [5, 5.41) is 8.71. The van der Waals surface area contributed by atoms with Crippen LogP contribution in [0.3, 0.4) is 0 Å². The Balaban J connectivity index is 0.726. The molecule has 66 heavy (non-hydrogen) atoms. The summed E-state index contributed by atoms with van der Waals surface area (Å²) < 4.78 is 46.3. The summed E-state index contributed by atoms with van der Waals surface area (Å²) in [6.07, 6.45) is 5.29. The molecule has 1 unspecified atom stereocenters. The molecule has 1 atom stereocenters. The van der Waals surface area contributed by atoms with E-state index < -0.39 is 34.8 Å². The highest BCUT2D eigenvalue weighted by molar-refractivity contribution is 6.17. The number of methoxy groups -OCH3 is 1. The summed E-state index contributed by atoms with van der Waals surface area (Å²) in [5.41, 5.74) is 2.10. The molecule has 4 heterocycles. The van der Waals surface area contributed by atoms with Crippen LogP contribution in [0.25, 0.3) is 10.9 Å². The summed E-state index contributed by atoms with van der Waals surface area (Å²) in [6, 6.07) is 22.9. The number of nitrogens with one attached hydrogen (secondary N) is 3. The van der Waals surface area contributed by atoms with Gasteiger partial charge in [-0.05, 0) is 122 Å². The molecule has 344 valence electrons. The molecule has 3 N–H and O–H groups in total. The smallest absolute Gasteiger partial charge is 0.240 e. The number of imide groups is 1. The number of anilines is 3. The van der Waals surface area contributed by atoms with Gasteiger partial charge in [-0.3, -0.25) is 34.4 Å². The quantitative estimate of drug-likeness (QED) is 0.0728. The van der Waals surface area contributed by atoms with Crippen LogP contribution >= 0.6 is 0 Å². The van der Waals surface area contributed by atoms with Crippen molar-refractivity contribution >= 4 is 51.6 Å². The Labute approximate surface area is 381 Å². The third-order valence-electron chi connectivity index (χ3n) is 13.3. The molecule has 14 nitrogen and oxygen atoms in total. The van der Waals surface area contributed by atoms with E-state index in [0.717, 1.165) is 81.0 Å².